The molecule has 3 aromatic heterocycles. The van der Waals surface area contributed by atoms with Gasteiger partial charge in [-0.1, -0.05) is 97.1 Å². The lowest BCUT2D eigenvalue weighted by Crippen LogP contribution is -2.62. The molecule has 0 radical (unpaired) electrons. The molecule has 202 valence electrons. The van der Waals surface area contributed by atoms with E-state index in [9.17, 15) is 0 Å². The Morgan fingerprint density at radius 2 is 1.00 bits per heavy atom. The number of hydrogen-bond donors (Lipinski definition) is 0. The van der Waals surface area contributed by atoms with Gasteiger partial charge in [-0.05, 0) is 29.7 Å². The minimum atomic E-state index is -0.335. The van der Waals surface area contributed by atoms with Crippen molar-refractivity contribution in [2.45, 2.75) is 0 Å². The monoisotopic (exact) mass is 555 g/mol. The second-order valence-electron chi connectivity index (χ2n) is 10.5. The minimum absolute atomic E-state index is 0.335. The maximum absolute atomic E-state index is 6.18. The number of nitrogens with zero attached hydrogens (tertiary/aromatic N) is 5. The van der Waals surface area contributed by atoms with Crippen molar-refractivity contribution in [3.05, 3.63) is 134 Å². The highest BCUT2D eigenvalue weighted by Gasteiger charge is 2.49. The van der Waals surface area contributed by atoms with E-state index >= 15 is 0 Å². The van der Waals surface area contributed by atoms with E-state index in [4.69, 9.17) is 23.8 Å². The van der Waals surface area contributed by atoms with Gasteiger partial charge in [0.05, 0.1) is 23.9 Å². The standard InChI is InChI=1S/C35H22BN5O2/c1-4-11-23(12-5-1)33-37-34(24-13-6-2-7-14-24)39-35(38-33)41-29-20-22-43-32(29)27-18-10-17-26-30(27)36(41)40(25-15-8-3-9-16-25)28-19-21-42-31(26)28/h1-22H. The van der Waals surface area contributed by atoms with Gasteiger partial charge in [0.25, 0.3) is 0 Å². The van der Waals surface area contributed by atoms with E-state index in [1.54, 1.807) is 12.5 Å². The van der Waals surface area contributed by atoms with Gasteiger partial charge in [0.15, 0.2) is 23.2 Å². The first-order chi connectivity index (χ1) is 21.3. The Morgan fingerprint density at radius 3 is 1.56 bits per heavy atom. The van der Waals surface area contributed by atoms with Crippen LogP contribution in [0.5, 0.6) is 0 Å². The summed E-state index contributed by atoms with van der Waals surface area (Å²) in [6.45, 7) is -0.335. The van der Waals surface area contributed by atoms with Crippen molar-refractivity contribution >= 4 is 35.5 Å². The summed E-state index contributed by atoms with van der Waals surface area (Å²) in [4.78, 5) is 19.7. The zero-order chi connectivity index (χ0) is 28.3. The van der Waals surface area contributed by atoms with Gasteiger partial charge in [0.1, 0.15) is 0 Å². The van der Waals surface area contributed by atoms with Gasteiger partial charge in [0, 0.05) is 27.9 Å². The molecule has 4 aromatic carbocycles. The van der Waals surface area contributed by atoms with Gasteiger partial charge in [-0.2, -0.15) is 9.97 Å². The Morgan fingerprint density at radius 1 is 0.488 bits per heavy atom. The molecule has 2 aliphatic heterocycles. The number of furan rings is 2. The molecule has 0 saturated carbocycles. The Bertz CT molecular complexity index is 2040. The first kappa shape index (κ1) is 23.8. The van der Waals surface area contributed by atoms with Crippen LogP contribution in [0.25, 0.3) is 45.4 Å². The molecular weight excluding hydrogens is 533 g/mol. The summed E-state index contributed by atoms with van der Waals surface area (Å²) >= 11 is 0. The van der Waals surface area contributed by atoms with Crippen molar-refractivity contribution in [2.75, 3.05) is 9.62 Å². The number of benzene rings is 4. The van der Waals surface area contributed by atoms with Crippen molar-refractivity contribution < 1.29 is 8.83 Å². The van der Waals surface area contributed by atoms with Crippen molar-refractivity contribution in [3.63, 3.8) is 0 Å². The highest BCUT2D eigenvalue weighted by atomic mass is 16.3. The Balaban J connectivity index is 1.35. The molecule has 0 atom stereocenters. The molecular formula is C35H22BN5O2. The summed E-state index contributed by atoms with van der Waals surface area (Å²) in [6.07, 6.45) is 3.49. The fourth-order valence-corrected chi connectivity index (χ4v) is 6.26. The molecule has 0 amide bonds. The quantitative estimate of drug-likeness (QED) is 0.206. The lowest BCUT2D eigenvalue weighted by Gasteiger charge is -2.44. The maximum Gasteiger partial charge on any atom is 0.424 e. The van der Waals surface area contributed by atoms with E-state index in [1.807, 2.05) is 78.9 Å². The van der Waals surface area contributed by atoms with Crippen LogP contribution in [0.3, 0.4) is 0 Å². The van der Waals surface area contributed by atoms with Gasteiger partial charge >= 0.3 is 6.98 Å². The third-order valence-electron chi connectivity index (χ3n) is 8.09. The molecule has 7 aromatic rings. The third-order valence-corrected chi connectivity index (χ3v) is 8.09. The summed E-state index contributed by atoms with van der Waals surface area (Å²) < 4.78 is 12.3. The SMILES string of the molecule is c1ccc(-c2nc(-c3ccccc3)nc(N3B4c5c(cccc5-c5occc53)-c3occc3N4c3ccccc3)n2)cc1. The van der Waals surface area contributed by atoms with Crippen molar-refractivity contribution in [1.29, 1.82) is 0 Å². The highest BCUT2D eigenvalue weighted by molar-refractivity contribution is 6.86. The number of rotatable bonds is 4. The van der Waals surface area contributed by atoms with Crippen molar-refractivity contribution in [1.82, 2.24) is 15.0 Å². The van der Waals surface area contributed by atoms with Crippen molar-refractivity contribution in [3.8, 4) is 45.4 Å². The second-order valence-corrected chi connectivity index (χ2v) is 10.5. The highest BCUT2D eigenvalue weighted by Crippen LogP contribution is 2.49. The molecule has 2 aliphatic rings. The average molecular weight is 555 g/mol. The minimum Gasteiger partial charge on any atom is -0.462 e. The fraction of sp³-hybridized carbons (Fsp3) is 0. The predicted octanol–water partition coefficient (Wildman–Crippen LogP) is 7.72. The maximum atomic E-state index is 6.18. The predicted molar refractivity (Wildman–Crippen MR) is 169 cm³/mol. The molecule has 0 unspecified atom stereocenters. The molecule has 0 spiro atoms. The molecule has 7 nitrogen and oxygen atoms in total. The van der Waals surface area contributed by atoms with Crippen LogP contribution < -0.4 is 15.1 Å². The molecule has 0 aliphatic carbocycles. The zero-order valence-corrected chi connectivity index (χ0v) is 22.8. The van der Waals surface area contributed by atoms with Crippen LogP contribution in [0.1, 0.15) is 0 Å². The van der Waals surface area contributed by atoms with Gasteiger partial charge < -0.3 is 18.5 Å². The normalized spacial score (nSPS) is 13.0. The Labute approximate surface area is 247 Å². The average Bonchev–Trinajstić information content (AvgIpc) is 3.77. The van der Waals surface area contributed by atoms with Gasteiger partial charge in [-0.3, -0.25) is 0 Å². The smallest absolute Gasteiger partial charge is 0.424 e. The third kappa shape index (κ3) is 3.60. The number of hydrogen-bond acceptors (Lipinski definition) is 7. The van der Waals surface area contributed by atoms with Crippen molar-refractivity contribution in [2.24, 2.45) is 0 Å². The van der Waals surface area contributed by atoms with E-state index in [0.29, 0.717) is 17.6 Å². The van der Waals surface area contributed by atoms with E-state index in [0.717, 1.165) is 56.3 Å². The molecule has 5 heterocycles. The van der Waals surface area contributed by atoms with Crippen LogP contribution in [0.4, 0.5) is 23.0 Å². The fourth-order valence-electron chi connectivity index (χ4n) is 6.26. The van der Waals surface area contributed by atoms with E-state index in [1.165, 1.54) is 0 Å². The summed E-state index contributed by atoms with van der Waals surface area (Å²) in [5.74, 6) is 3.30. The molecule has 8 heteroatoms. The molecule has 0 bridgehead atoms. The topological polar surface area (TPSA) is 71.4 Å². The van der Waals surface area contributed by atoms with Gasteiger partial charge in [0.2, 0.25) is 5.95 Å². The Hall–Kier alpha value is -5.89. The van der Waals surface area contributed by atoms with Crippen LogP contribution in [0.15, 0.2) is 143 Å². The number of para-hydroxylation sites is 1. The Kier molecular flexibility index (Phi) is 5.16. The van der Waals surface area contributed by atoms with E-state index in [2.05, 4.69) is 52.1 Å². The summed E-state index contributed by atoms with van der Waals surface area (Å²) in [5, 5.41) is 0. The summed E-state index contributed by atoms with van der Waals surface area (Å²) in [5.41, 5.74) is 7.80. The largest absolute Gasteiger partial charge is 0.462 e. The van der Waals surface area contributed by atoms with Gasteiger partial charge in [-0.15, -0.1) is 0 Å². The second kappa shape index (κ2) is 9.32. The van der Waals surface area contributed by atoms with Gasteiger partial charge in [-0.25, -0.2) is 4.98 Å². The first-order valence-electron chi connectivity index (χ1n) is 14.1. The van der Waals surface area contributed by atoms with Crippen LogP contribution in [-0.2, 0) is 0 Å². The van der Waals surface area contributed by atoms with E-state index in [-0.39, 0.29) is 6.98 Å². The zero-order valence-electron chi connectivity index (χ0n) is 22.8. The number of anilines is 4. The van der Waals surface area contributed by atoms with Crippen LogP contribution in [0.2, 0.25) is 0 Å². The van der Waals surface area contributed by atoms with E-state index < -0.39 is 0 Å². The molecule has 9 rings (SSSR count). The molecule has 43 heavy (non-hydrogen) atoms. The molecule has 0 fully saturated rings. The molecule has 0 saturated heterocycles. The summed E-state index contributed by atoms with van der Waals surface area (Å²) in [7, 11) is 0. The lowest BCUT2D eigenvalue weighted by atomic mass is 9.55. The van der Waals surface area contributed by atoms with Crippen LogP contribution >= 0.6 is 0 Å². The van der Waals surface area contributed by atoms with Crippen LogP contribution in [0, 0.1) is 0 Å². The molecule has 0 N–H and O–H groups in total. The number of fused-ring (bicyclic) bond motifs is 4. The number of aromatic nitrogens is 3. The van der Waals surface area contributed by atoms with Crippen LogP contribution in [-0.4, -0.2) is 21.9 Å². The summed E-state index contributed by atoms with van der Waals surface area (Å²) in [6, 6.07) is 40.7. The lowest BCUT2D eigenvalue weighted by molar-refractivity contribution is 0.580. The first-order valence-corrected chi connectivity index (χ1v) is 14.1.